The molecule has 1 aliphatic heterocycles. The number of nitrogens with zero attached hydrogens (tertiary/aromatic N) is 5. The van der Waals surface area contributed by atoms with Crippen molar-refractivity contribution in [3.05, 3.63) is 72.5 Å². The van der Waals surface area contributed by atoms with Gasteiger partial charge in [-0.2, -0.15) is 10.2 Å². The van der Waals surface area contributed by atoms with E-state index in [-0.39, 0.29) is 17.9 Å². The number of rotatable bonds is 10. The number of amides is 1. The predicted molar refractivity (Wildman–Crippen MR) is 122 cm³/mol. The van der Waals surface area contributed by atoms with Crippen molar-refractivity contribution in [2.24, 2.45) is 15.3 Å². The largest absolute Gasteiger partial charge is 0.407 e. The highest BCUT2D eigenvalue weighted by molar-refractivity contribution is 6.25. The van der Waals surface area contributed by atoms with Gasteiger partial charge in [-0.25, -0.2) is 0 Å². The molecule has 1 heterocycles. The monoisotopic (exact) mass is 449 g/mol. The number of benzene rings is 2. The van der Waals surface area contributed by atoms with Crippen LogP contribution in [0.2, 0.25) is 0 Å². The van der Waals surface area contributed by atoms with Gasteiger partial charge in [0.2, 0.25) is 0 Å². The number of hydrogen-bond acceptors (Lipinski definition) is 9. The zero-order chi connectivity index (χ0) is 23.6. The molecule has 0 fully saturated rings. The highest BCUT2D eigenvalue weighted by Crippen LogP contribution is 2.24. The van der Waals surface area contributed by atoms with Gasteiger partial charge in [0.05, 0.1) is 11.4 Å². The Morgan fingerprint density at radius 1 is 1.03 bits per heavy atom. The first-order valence-electron chi connectivity index (χ1n) is 10.2. The third-order valence-corrected chi connectivity index (χ3v) is 4.62. The lowest BCUT2D eigenvalue weighted by atomic mass is 10.1. The second-order valence-corrected chi connectivity index (χ2v) is 6.57. The molecule has 0 spiro atoms. The molecular formula is C23H23N5O5. The zero-order valence-electron chi connectivity index (χ0n) is 18.2. The number of carbonyl (C=O) groups excluding carboxylic acids is 2. The minimum atomic E-state index is -0.675. The lowest BCUT2D eigenvalue weighted by molar-refractivity contribution is -0.378. The van der Waals surface area contributed by atoms with E-state index in [2.05, 4.69) is 50.5 Å². The molecule has 2 aromatic rings. The molecule has 0 aliphatic carbocycles. The molecule has 1 amide bonds. The van der Waals surface area contributed by atoms with Crippen molar-refractivity contribution in [1.29, 1.82) is 0 Å². The molecule has 0 saturated heterocycles. The molecule has 33 heavy (non-hydrogen) atoms. The second-order valence-electron chi connectivity index (χ2n) is 6.57. The molecule has 0 atom stereocenters. The summed E-state index contributed by atoms with van der Waals surface area (Å²) < 4.78 is 4.76. The van der Waals surface area contributed by atoms with E-state index in [9.17, 15) is 9.59 Å². The Bertz CT molecular complexity index is 1070. The molecule has 3 rings (SSSR count). The normalized spacial score (nSPS) is 14.5. The number of ether oxygens (including phenoxy) is 1. The van der Waals surface area contributed by atoms with Crippen molar-refractivity contribution < 1.29 is 24.2 Å². The first-order valence-corrected chi connectivity index (χ1v) is 10.2. The summed E-state index contributed by atoms with van der Waals surface area (Å²) in [6.07, 6.45) is 2.46. The van der Waals surface area contributed by atoms with Crippen LogP contribution < -0.4 is 4.90 Å². The Balaban J connectivity index is 1.71. The molecule has 0 N–H and O–H groups in total. The summed E-state index contributed by atoms with van der Waals surface area (Å²) in [6, 6.07) is 14.8. The van der Waals surface area contributed by atoms with Crippen molar-refractivity contribution in [3.8, 4) is 0 Å². The third-order valence-electron chi connectivity index (χ3n) is 4.62. The van der Waals surface area contributed by atoms with E-state index in [0.29, 0.717) is 16.4 Å². The highest BCUT2D eigenvalue weighted by atomic mass is 17.3. The van der Waals surface area contributed by atoms with Crippen LogP contribution in [-0.4, -0.2) is 36.5 Å². The van der Waals surface area contributed by atoms with E-state index in [0.717, 1.165) is 30.7 Å². The van der Waals surface area contributed by atoms with E-state index in [1.54, 1.807) is 24.3 Å². The van der Waals surface area contributed by atoms with E-state index >= 15 is 0 Å². The fourth-order valence-electron chi connectivity index (χ4n) is 2.99. The molecule has 10 nitrogen and oxygen atoms in total. The summed E-state index contributed by atoms with van der Waals surface area (Å²) in [4.78, 5) is 34.5. The van der Waals surface area contributed by atoms with Crippen LogP contribution in [0.1, 0.15) is 19.4 Å². The molecule has 1 aliphatic rings. The molecule has 0 unspecified atom stereocenters. The van der Waals surface area contributed by atoms with E-state index in [1.165, 1.54) is 6.08 Å². The van der Waals surface area contributed by atoms with Crippen LogP contribution in [0.5, 0.6) is 0 Å². The number of hydrogen-bond donors (Lipinski definition) is 0. The first kappa shape index (κ1) is 23.4. The third kappa shape index (κ3) is 5.89. The zero-order valence-corrected chi connectivity index (χ0v) is 18.2. The van der Waals surface area contributed by atoms with E-state index in [1.807, 2.05) is 24.3 Å². The number of carbonyl (C=O) groups is 2. The molecule has 0 bridgehead atoms. The topological polar surface area (TPSA) is 105 Å². The van der Waals surface area contributed by atoms with Gasteiger partial charge in [-0.3, -0.25) is 9.59 Å². The Hall–Kier alpha value is -4.31. The van der Waals surface area contributed by atoms with Crippen LogP contribution in [0.4, 0.5) is 17.1 Å². The van der Waals surface area contributed by atoms with Gasteiger partial charge < -0.3 is 14.5 Å². The van der Waals surface area contributed by atoms with Gasteiger partial charge in [0.15, 0.2) is 0 Å². The highest BCUT2D eigenvalue weighted by Gasteiger charge is 2.34. The van der Waals surface area contributed by atoms with Crippen LogP contribution in [0.3, 0.4) is 0 Å². The summed E-state index contributed by atoms with van der Waals surface area (Å²) in [5.41, 5.74) is 3.17. The van der Waals surface area contributed by atoms with Crippen LogP contribution in [0.15, 0.2) is 82.3 Å². The van der Waals surface area contributed by atoms with Gasteiger partial charge in [-0.15, -0.1) is 0 Å². The van der Waals surface area contributed by atoms with Gasteiger partial charge in [0.25, 0.3) is 12.4 Å². The molecule has 170 valence electrons. The molecule has 0 saturated carbocycles. The van der Waals surface area contributed by atoms with Gasteiger partial charge in [0.1, 0.15) is 11.8 Å². The second kappa shape index (κ2) is 11.3. The van der Waals surface area contributed by atoms with Crippen LogP contribution in [0.25, 0.3) is 6.08 Å². The summed E-state index contributed by atoms with van der Waals surface area (Å²) in [7, 11) is 0. The SMILES string of the molecule is C=COON1N=C(OC=O)C(=Cc2ccc(N=Nc3ccc(N(CC)CC)cc3)cc2)C1=O. The maximum Gasteiger partial charge on any atom is 0.309 e. The lowest BCUT2D eigenvalue weighted by Gasteiger charge is -2.20. The van der Waals surface area contributed by atoms with Crippen LogP contribution in [-0.2, 0) is 24.2 Å². The standard InChI is InChI=1S/C23H23N5O5/c1-4-27(5-2)20-13-11-19(12-14-20)25-24-18-9-7-17(8-10-18)15-21-22(31-16-29)26-28(23(21)30)33-32-6-3/h6-16H,3-5H2,1-2H3. The Morgan fingerprint density at radius 2 is 1.64 bits per heavy atom. The number of hydrazone groups is 1. The summed E-state index contributed by atoms with van der Waals surface area (Å²) in [6.45, 7) is 9.56. The quantitative estimate of drug-likeness (QED) is 0.130. The summed E-state index contributed by atoms with van der Waals surface area (Å²) in [5.74, 6) is -0.898. The molecule has 0 aromatic heterocycles. The molecule has 0 radical (unpaired) electrons. The molecular weight excluding hydrogens is 426 g/mol. The van der Waals surface area contributed by atoms with Gasteiger partial charge in [-0.1, -0.05) is 29.0 Å². The Labute approximate surface area is 190 Å². The minimum absolute atomic E-state index is 0.0115. The molecule has 10 heteroatoms. The lowest BCUT2D eigenvalue weighted by Crippen LogP contribution is -2.22. The maximum atomic E-state index is 12.4. The number of anilines is 1. The van der Waals surface area contributed by atoms with Gasteiger partial charge in [0, 0.05) is 18.8 Å². The molecule has 2 aromatic carbocycles. The van der Waals surface area contributed by atoms with Gasteiger partial charge >= 0.3 is 5.91 Å². The predicted octanol–water partition coefficient (Wildman–Crippen LogP) is 4.67. The van der Waals surface area contributed by atoms with Crippen LogP contribution >= 0.6 is 0 Å². The van der Waals surface area contributed by atoms with E-state index in [4.69, 9.17) is 4.74 Å². The van der Waals surface area contributed by atoms with Crippen molar-refractivity contribution in [1.82, 2.24) is 5.17 Å². The maximum absolute atomic E-state index is 12.4. The van der Waals surface area contributed by atoms with E-state index < -0.39 is 5.91 Å². The number of hydroxylamine groups is 1. The van der Waals surface area contributed by atoms with Crippen molar-refractivity contribution in [3.63, 3.8) is 0 Å². The van der Waals surface area contributed by atoms with Crippen molar-refractivity contribution in [2.45, 2.75) is 13.8 Å². The first-order chi connectivity index (χ1) is 16.1. The fraction of sp³-hybridized carbons (Fsp3) is 0.174. The fourth-order valence-corrected chi connectivity index (χ4v) is 2.99. The Kier molecular flexibility index (Phi) is 8.03. The Morgan fingerprint density at radius 3 is 2.18 bits per heavy atom. The van der Waals surface area contributed by atoms with Crippen LogP contribution in [0, 0.1) is 0 Å². The summed E-state index contributed by atoms with van der Waals surface area (Å²) in [5, 5.41) is 12.8. The van der Waals surface area contributed by atoms with Gasteiger partial charge in [-0.05, 0) is 66.9 Å². The summed E-state index contributed by atoms with van der Waals surface area (Å²) >= 11 is 0. The van der Waals surface area contributed by atoms with Crippen molar-refractivity contribution in [2.75, 3.05) is 18.0 Å². The van der Waals surface area contributed by atoms with Crippen molar-refractivity contribution >= 4 is 41.4 Å². The smallest absolute Gasteiger partial charge is 0.309 e. The number of azo groups is 1. The average molecular weight is 449 g/mol. The minimum Gasteiger partial charge on any atom is -0.407 e. The average Bonchev–Trinajstić information content (AvgIpc) is 3.13.